The number of para-hydroxylation sites is 3. The summed E-state index contributed by atoms with van der Waals surface area (Å²) in [5.41, 5.74) is 9.95. The number of rotatable bonds is 3. The van der Waals surface area contributed by atoms with Gasteiger partial charge in [0.05, 0.1) is 0 Å². The van der Waals surface area contributed by atoms with Gasteiger partial charge >= 0.3 is 255 Å². The first-order chi connectivity index (χ1) is 22.3. The summed E-state index contributed by atoms with van der Waals surface area (Å²) in [5, 5.41) is 7.87. The SMILES string of the molecule is c1ccc(-c2cccc3[se]c4cccc(-n5c6ccccc6c6cc(-n7c8ccccc8c8ccccc87)ccc65)c4c23)cc1. The van der Waals surface area contributed by atoms with Crippen LogP contribution in [0.3, 0.4) is 0 Å². The summed E-state index contributed by atoms with van der Waals surface area (Å²) in [6, 6.07) is 58.0. The average Bonchev–Trinajstić information content (AvgIpc) is 3.76. The molecule has 3 heteroatoms. The van der Waals surface area contributed by atoms with Gasteiger partial charge in [0.15, 0.2) is 0 Å². The van der Waals surface area contributed by atoms with E-state index >= 15 is 0 Å². The molecule has 0 radical (unpaired) electrons. The zero-order valence-corrected chi connectivity index (χ0v) is 26.0. The first-order valence-electron chi connectivity index (χ1n) is 15.4. The van der Waals surface area contributed by atoms with Gasteiger partial charge in [0.1, 0.15) is 0 Å². The Balaban J connectivity index is 1.30. The van der Waals surface area contributed by atoms with Crippen LogP contribution in [0.2, 0.25) is 0 Å². The molecule has 3 heterocycles. The summed E-state index contributed by atoms with van der Waals surface area (Å²) in [7, 11) is 0. The van der Waals surface area contributed by atoms with Crippen molar-refractivity contribution in [2.24, 2.45) is 0 Å². The Kier molecular flexibility index (Phi) is 5.33. The standard InChI is InChI=1S/C42H26N2Se/c1-2-12-27(13-3-1)29-17-10-22-39-41(29)42-38(21-11-23-40(42)45-39)44-36-20-9-6-16-32(36)33-26-28(24-25-37(33)44)43-34-18-7-4-14-30(34)31-15-5-8-19-35(31)43/h1-26H. The molecule has 7 aromatic carbocycles. The molecule has 0 N–H and O–H groups in total. The molecule has 0 saturated carbocycles. The minimum atomic E-state index is 0.258. The summed E-state index contributed by atoms with van der Waals surface area (Å²) in [5.74, 6) is 0. The third-order valence-electron chi connectivity index (χ3n) is 9.32. The molecule has 0 unspecified atom stereocenters. The fraction of sp³-hybridized carbons (Fsp3) is 0. The van der Waals surface area contributed by atoms with Crippen LogP contribution in [-0.2, 0) is 0 Å². The minimum absolute atomic E-state index is 0.258. The van der Waals surface area contributed by atoms with E-state index in [4.69, 9.17) is 0 Å². The van der Waals surface area contributed by atoms with Crippen LogP contribution >= 0.6 is 0 Å². The Morgan fingerprint density at radius 2 is 0.933 bits per heavy atom. The third-order valence-corrected chi connectivity index (χ3v) is 11.7. The average molecular weight is 638 g/mol. The molecule has 45 heavy (non-hydrogen) atoms. The van der Waals surface area contributed by atoms with Gasteiger partial charge in [-0.1, -0.05) is 12.1 Å². The van der Waals surface area contributed by atoms with E-state index in [-0.39, 0.29) is 14.5 Å². The van der Waals surface area contributed by atoms with E-state index in [9.17, 15) is 0 Å². The number of fused-ring (bicyclic) bond motifs is 9. The Morgan fingerprint density at radius 1 is 0.378 bits per heavy atom. The third kappa shape index (κ3) is 3.57. The van der Waals surface area contributed by atoms with Gasteiger partial charge in [-0.25, -0.2) is 0 Å². The topological polar surface area (TPSA) is 9.86 Å². The first kappa shape index (κ1) is 25.0. The van der Waals surface area contributed by atoms with Crippen molar-refractivity contribution in [3.63, 3.8) is 0 Å². The van der Waals surface area contributed by atoms with Crippen LogP contribution in [-0.4, -0.2) is 23.6 Å². The predicted octanol–water partition coefficient (Wildman–Crippen LogP) is 10.9. The van der Waals surface area contributed by atoms with E-state index in [0.717, 1.165) is 0 Å². The second-order valence-electron chi connectivity index (χ2n) is 11.7. The van der Waals surface area contributed by atoms with Crippen LogP contribution in [0.1, 0.15) is 0 Å². The number of hydrogen-bond acceptors (Lipinski definition) is 0. The molecule has 0 amide bonds. The maximum absolute atomic E-state index is 2.51. The van der Waals surface area contributed by atoms with Crippen molar-refractivity contribution in [1.82, 2.24) is 9.13 Å². The van der Waals surface area contributed by atoms with Crippen molar-refractivity contribution in [1.29, 1.82) is 0 Å². The number of hydrogen-bond donors (Lipinski definition) is 0. The van der Waals surface area contributed by atoms with Gasteiger partial charge in [-0.15, -0.1) is 0 Å². The zero-order chi connectivity index (χ0) is 29.5. The predicted molar refractivity (Wildman–Crippen MR) is 193 cm³/mol. The fourth-order valence-electron chi connectivity index (χ4n) is 7.45. The molecule has 3 aromatic heterocycles. The van der Waals surface area contributed by atoms with Crippen molar-refractivity contribution in [3.05, 3.63) is 158 Å². The Labute approximate surface area is 265 Å². The Bertz CT molecular complexity index is 2710. The van der Waals surface area contributed by atoms with Gasteiger partial charge in [-0.3, -0.25) is 0 Å². The van der Waals surface area contributed by atoms with Crippen molar-refractivity contribution in [3.8, 4) is 22.5 Å². The summed E-state index contributed by atoms with van der Waals surface area (Å²) in [6.07, 6.45) is 0. The molecule has 0 aliphatic heterocycles. The van der Waals surface area contributed by atoms with Crippen LogP contribution in [0.15, 0.2) is 158 Å². The van der Waals surface area contributed by atoms with E-state index < -0.39 is 0 Å². The second-order valence-corrected chi connectivity index (χ2v) is 14.0. The molecule has 10 aromatic rings. The van der Waals surface area contributed by atoms with Crippen molar-refractivity contribution < 1.29 is 0 Å². The van der Waals surface area contributed by atoms with Crippen LogP contribution in [0.4, 0.5) is 0 Å². The van der Waals surface area contributed by atoms with Crippen LogP contribution < -0.4 is 0 Å². The first-order valence-corrected chi connectivity index (χ1v) is 17.1. The van der Waals surface area contributed by atoms with Gasteiger partial charge in [0.2, 0.25) is 0 Å². The number of benzene rings is 7. The summed E-state index contributed by atoms with van der Waals surface area (Å²) >= 11 is 0.258. The fourth-order valence-corrected chi connectivity index (χ4v) is 9.87. The molecule has 0 saturated heterocycles. The number of nitrogens with zero attached hydrogens (tertiary/aromatic N) is 2. The molecule has 0 aliphatic rings. The van der Waals surface area contributed by atoms with E-state index in [2.05, 4.69) is 167 Å². The number of aromatic nitrogens is 2. The van der Waals surface area contributed by atoms with Crippen molar-refractivity contribution in [2.45, 2.75) is 0 Å². The molecule has 0 fully saturated rings. The summed E-state index contributed by atoms with van der Waals surface area (Å²) in [6.45, 7) is 0. The monoisotopic (exact) mass is 638 g/mol. The summed E-state index contributed by atoms with van der Waals surface area (Å²) in [4.78, 5) is 0. The molecule has 0 spiro atoms. The second kappa shape index (κ2) is 9.58. The molecule has 210 valence electrons. The quantitative estimate of drug-likeness (QED) is 0.171. The molecular weight excluding hydrogens is 611 g/mol. The molecule has 0 atom stereocenters. The van der Waals surface area contributed by atoms with Gasteiger partial charge in [0, 0.05) is 0 Å². The van der Waals surface area contributed by atoms with Crippen molar-refractivity contribution in [2.75, 3.05) is 0 Å². The van der Waals surface area contributed by atoms with Gasteiger partial charge in [-0.05, 0) is 0 Å². The normalized spacial score (nSPS) is 12.0. The van der Waals surface area contributed by atoms with E-state index in [0.29, 0.717) is 0 Å². The van der Waals surface area contributed by atoms with E-state index in [1.54, 1.807) is 0 Å². The molecule has 2 nitrogen and oxygen atoms in total. The summed E-state index contributed by atoms with van der Waals surface area (Å²) < 4.78 is 7.83. The van der Waals surface area contributed by atoms with E-state index in [1.165, 1.54) is 85.4 Å². The molecule has 10 rings (SSSR count). The van der Waals surface area contributed by atoms with Gasteiger partial charge < -0.3 is 0 Å². The van der Waals surface area contributed by atoms with Gasteiger partial charge in [0.25, 0.3) is 0 Å². The molecular formula is C42H26N2Se. The Hall–Kier alpha value is -5.34. The Morgan fingerprint density at radius 3 is 1.64 bits per heavy atom. The molecule has 0 bridgehead atoms. The van der Waals surface area contributed by atoms with Crippen LogP contribution in [0.25, 0.3) is 85.4 Å². The van der Waals surface area contributed by atoms with Crippen LogP contribution in [0.5, 0.6) is 0 Å². The maximum atomic E-state index is 2.51. The van der Waals surface area contributed by atoms with Crippen molar-refractivity contribution >= 4 is 77.4 Å². The zero-order valence-electron chi connectivity index (χ0n) is 24.3. The van der Waals surface area contributed by atoms with E-state index in [1.807, 2.05) is 0 Å². The molecule has 0 aliphatic carbocycles. The van der Waals surface area contributed by atoms with Crippen LogP contribution in [0, 0.1) is 0 Å². The van der Waals surface area contributed by atoms with Gasteiger partial charge in [-0.2, -0.15) is 0 Å².